The van der Waals surface area contributed by atoms with Gasteiger partial charge in [-0.3, -0.25) is 0 Å². The molecule has 0 N–H and O–H groups in total. The molecule has 10 aromatic rings. The van der Waals surface area contributed by atoms with Gasteiger partial charge in [-0.1, -0.05) is 164 Å². The maximum atomic E-state index is 6.89. The Kier molecular flexibility index (Phi) is 9.18. The Balaban J connectivity index is 0.891. The fraction of sp³-hybridized carbons (Fsp3) is 0. The summed E-state index contributed by atoms with van der Waals surface area (Å²) in [5.74, 6) is 1.76. The first-order chi connectivity index (χ1) is 30.3. The van der Waals surface area contributed by atoms with Gasteiger partial charge in [0.15, 0.2) is 0 Å². The molecule has 288 valence electrons. The van der Waals surface area contributed by atoms with Crippen LogP contribution in [-0.4, -0.2) is 0 Å². The van der Waals surface area contributed by atoms with E-state index in [9.17, 15) is 0 Å². The number of rotatable bonds is 9. The van der Waals surface area contributed by atoms with Gasteiger partial charge in [-0.05, 0) is 118 Å². The van der Waals surface area contributed by atoms with Crippen molar-refractivity contribution >= 4 is 44.9 Å². The summed E-state index contributed by atoms with van der Waals surface area (Å²) in [5, 5.41) is 2.32. The van der Waals surface area contributed by atoms with E-state index in [4.69, 9.17) is 4.74 Å². The summed E-state index contributed by atoms with van der Waals surface area (Å²) >= 11 is 0. The van der Waals surface area contributed by atoms with Crippen molar-refractivity contribution in [1.29, 1.82) is 0 Å². The maximum Gasteiger partial charge on any atom is 0.143 e. The first kappa shape index (κ1) is 36.0. The van der Waals surface area contributed by atoms with Gasteiger partial charge in [0.2, 0.25) is 0 Å². The molecule has 1 aliphatic heterocycles. The van der Waals surface area contributed by atoms with Gasteiger partial charge in [-0.2, -0.15) is 0 Å². The third kappa shape index (κ3) is 6.69. The van der Waals surface area contributed by atoms with Gasteiger partial charge in [-0.25, -0.2) is 0 Å². The average molecular weight is 781 g/mol. The van der Waals surface area contributed by atoms with Gasteiger partial charge in [-0.15, -0.1) is 0 Å². The zero-order valence-electron chi connectivity index (χ0n) is 33.4. The van der Waals surface area contributed by atoms with Crippen LogP contribution in [0.2, 0.25) is 0 Å². The number of hydrogen-bond acceptors (Lipinski definition) is 3. The first-order valence-electron chi connectivity index (χ1n) is 20.8. The molecule has 3 nitrogen and oxygen atoms in total. The number of benzene rings is 10. The Morgan fingerprint density at radius 3 is 1.13 bits per heavy atom. The topological polar surface area (TPSA) is 15.7 Å². The highest BCUT2D eigenvalue weighted by atomic mass is 16.5. The van der Waals surface area contributed by atoms with Crippen LogP contribution in [0.4, 0.5) is 34.1 Å². The van der Waals surface area contributed by atoms with Gasteiger partial charge < -0.3 is 14.5 Å². The predicted octanol–water partition coefficient (Wildman–Crippen LogP) is 16.6. The Bertz CT molecular complexity index is 3030. The van der Waals surface area contributed by atoms with Crippen LogP contribution in [0, 0.1) is 0 Å². The van der Waals surface area contributed by atoms with Crippen LogP contribution in [0.25, 0.3) is 55.3 Å². The summed E-state index contributed by atoms with van der Waals surface area (Å²) < 4.78 is 6.89. The van der Waals surface area contributed by atoms with Crippen molar-refractivity contribution in [2.24, 2.45) is 0 Å². The summed E-state index contributed by atoms with van der Waals surface area (Å²) in [6, 6.07) is 86.1. The number of fused-ring (bicyclic) bond motifs is 2. The minimum Gasteiger partial charge on any atom is -0.455 e. The summed E-state index contributed by atoms with van der Waals surface area (Å²) in [7, 11) is 0. The molecule has 0 saturated heterocycles. The number of nitrogens with zero attached hydrogens (tertiary/aromatic N) is 2. The Hall–Kier alpha value is -8.14. The molecule has 0 saturated carbocycles. The largest absolute Gasteiger partial charge is 0.455 e. The van der Waals surface area contributed by atoms with Gasteiger partial charge in [0.05, 0.1) is 0 Å². The molecule has 0 fully saturated rings. The van der Waals surface area contributed by atoms with Crippen molar-refractivity contribution in [2.75, 3.05) is 9.80 Å². The van der Waals surface area contributed by atoms with Crippen molar-refractivity contribution in [1.82, 2.24) is 0 Å². The van der Waals surface area contributed by atoms with E-state index in [1.807, 2.05) is 0 Å². The zero-order chi connectivity index (χ0) is 40.5. The molecule has 61 heavy (non-hydrogen) atoms. The highest BCUT2D eigenvalue weighted by Gasteiger charge is 2.25. The smallest absolute Gasteiger partial charge is 0.143 e. The summed E-state index contributed by atoms with van der Waals surface area (Å²) in [6.45, 7) is 0. The molecule has 0 aromatic heterocycles. The molecule has 0 radical (unpaired) electrons. The lowest BCUT2D eigenvalue weighted by Gasteiger charge is -2.26. The van der Waals surface area contributed by atoms with Crippen LogP contribution in [0.5, 0.6) is 11.5 Å². The summed E-state index contributed by atoms with van der Waals surface area (Å²) in [4.78, 5) is 4.57. The number of hydrogen-bond donors (Lipinski definition) is 0. The normalized spacial score (nSPS) is 11.4. The Labute approximate surface area is 356 Å². The van der Waals surface area contributed by atoms with Gasteiger partial charge >= 0.3 is 0 Å². The van der Waals surface area contributed by atoms with E-state index in [0.717, 1.165) is 67.7 Å². The molecule has 11 rings (SSSR count). The van der Waals surface area contributed by atoms with E-state index in [-0.39, 0.29) is 0 Å². The van der Waals surface area contributed by atoms with Crippen molar-refractivity contribution in [3.05, 3.63) is 243 Å². The minimum absolute atomic E-state index is 0.877. The fourth-order valence-corrected chi connectivity index (χ4v) is 8.77. The molecule has 0 amide bonds. The number of para-hydroxylation sites is 5. The standard InChI is InChI=1S/C58H40N2O/c1-5-15-45(16-6-1)59(46-17-7-2-8-18-46)49-35-31-42(32-36-49)41-27-29-43(30-28-41)51-39-40-56-57-53(51)24-14-25-54(57)55-26-13-23-52(58(55)61-56)44-33-37-50(38-34-44)60(47-19-9-3-10-20-47)48-21-11-4-12-22-48/h1-40H. The van der Waals surface area contributed by atoms with Gasteiger partial charge in [0, 0.05) is 50.6 Å². The van der Waals surface area contributed by atoms with Gasteiger partial charge in [0.25, 0.3) is 0 Å². The fourth-order valence-electron chi connectivity index (χ4n) is 8.77. The van der Waals surface area contributed by atoms with Crippen LogP contribution in [0.3, 0.4) is 0 Å². The molecule has 0 spiro atoms. The van der Waals surface area contributed by atoms with Crippen molar-refractivity contribution in [3.63, 3.8) is 0 Å². The molecule has 3 heteroatoms. The predicted molar refractivity (Wildman–Crippen MR) is 255 cm³/mol. The molecule has 1 aliphatic rings. The van der Waals surface area contributed by atoms with E-state index in [1.165, 1.54) is 33.2 Å². The lowest BCUT2D eigenvalue weighted by atomic mass is 9.88. The van der Waals surface area contributed by atoms with Crippen molar-refractivity contribution in [3.8, 4) is 56.0 Å². The third-order valence-corrected chi connectivity index (χ3v) is 11.7. The molecule has 0 atom stereocenters. The SMILES string of the molecule is c1ccc(N(c2ccccc2)c2ccc(-c3ccc(-c4ccc5c6c(cccc46)-c4cccc(-c6ccc(N(c7ccccc7)c7ccccc7)cc6)c4O5)cc3)cc2)cc1. The highest BCUT2D eigenvalue weighted by Crippen LogP contribution is 2.52. The number of ether oxygens (including phenoxy) is 1. The molecule has 1 heterocycles. The van der Waals surface area contributed by atoms with Crippen LogP contribution in [0.1, 0.15) is 0 Å². The van der Waals surface area contributed by atoms with Crippen LogP contribution in [-0.2, 0) is 0 Å². The second-order valence-corrected chi connectivity index (χ2v) is 15.3. The lowest BCUT2D eigenvalue weighted by molar-refractivity contribution is 0.489. The van der Waals surface area contributed by atoms with E-state index in [2.05, 4.69) is 252 Å². The van der Waals surface area contributed by atoms with Gasteiger partial charge in [0.1, 0.15) is 11.5 Å². The molecule has 0 bridgehead atoms. The highest BCUT2D eigenvalue weighted by molar-refractivity contribution is 6.10. The zero-order valence-corrected chi connectivity index (χ0v) is 33.4. The molecule has 10 aromatic carbocycles. The molecular weight excluding hydrogens is 741 g/mol. The molecule has 0 aliphatic carbocycles. The second-order valence-electron chi connectivity index (χ2n) is 15.3. The monoisotopic (exact) mass is 780 g/mol. The van der Waals surface area contributed by atoms with Crippen molar-refractivity contribution in [2.45, 2.75) is 0 Å². The van der Waals surface area contributed by atoms with E-state index < -0.39 is 0 Å². The van der Waals surface area contributed by atoms with E-state index in [1.54, 1.807) is 0 Å². The molecule has 0 unspecified atom stereocenters. The van der Waals surface area contributed by atoms with E-state index >= 15 is 0 Å². The summed E-state index contributed by atoms with van der Waals surface area (Å²) in [5.41, 5.74) is 15.8. The average Bonchev–Trinajstić information content (AvgIpc) is 3.34. The number of anilines is 6. The molecular formula is C58H40N2O. The lowest BCUT2D eigenvalue weighted by Crippen LogP contribution is -2.09. The van der Waals surface area contributed by atoms with Crippen molar-refractivity contribution < 1.29 is 4.74 Å². The second kappa shape index (κ2) is 15.6. The van der Waals surface area contributed by atoms with Crippen LogP contribution in [0.15, 0.2) is 243 Å². The summed E-state index contributed by atoms with van der Waals surface area (Å²) in [6.07, 6.45) is 0. The van der Waals surface area contributed by atoms with Crippen LogP contribution >= 0.6 is 0 Å². The Morgan fingerprint density at radius 1 is 0.246 bits per heavy atom. The Morgan fingerprint density at radius 2 is 0.623 bits per heavy atom. The maximum absolute atomic E-state index is 6.89. The first-order valence-corrected chi connectivity index (χ1v) is 20.8. The third-order valence-electron chi connectivity index (χ3n) is 11.7. The van der Waals surface area contributed by atoms with Crippen LogP contribution < -0.4 is 14.5 Å². The van der Waals surface area contributed by atoms with E-state index in [0.29, 0.717) is 0 Å². The quantitative estimate of drug-likeness (QED) is 0.145. The minimum atomic E-state index is 0.877.